The molecule has 6 nitrogen and oxygen atoms in total. The van der Waals surface area contributed by atoms with E-state index in [4.69, 9.17) is 10.2 Å². The number of rotatable bonds is 5. The lowest BCUT2D eigenvalue weighted by atomic mass is 10.2. The fourth-order valence-electron chi connectivity index (χ4n) is 1.72. The van der Waals surface area contributed by atoms with Crippen LogP contribution in [0.4, 0.5) is 5.69 Å². The number of nitrogens with zero attached hydrogens (tertiary/aromatic N) is 2. The van der Waals surface area contributed by atoms with Gasteiger partial charge >= 0.3 is 0 Å². The first-order valence-corrected chi connectivity index (χ1v) is 5.73. The lowest BCUT2D eigenvalue weighted by Crippen LogP contribution is -2.36. The van der Waals surface area contributed by atoms with Crippen molar-refractivity contribution in [2.75, 3.05) is 5.73 Å². The van der Waals surface area contributed by atoms with Gasteiger partial charge in [0.15, 0.2) is 0 Å². The molecule has 0 saturated carbocycles. The van der Waals surface area contributed by atoms with Crippen LogP contribution in [-0.4, -0.2) is 21.7 Å². The fraction of sp³-hybridized carbons (Fsp3) is 0.333. The Morgan fingerprint density at radius 3 is 3.11 bits per heavy atom. The molecule has 0 aliphatic carbocycles. The van der Waals surface area contributed by atoms with Gasteiger partial charge in [0, 0.05) is 18.7 Å². The van der Waals surface area contributed by atoms with Gasteiger partial charge < -0.3 is 15.5 Å². The molecule has 2 heterocycles. The van der Waals surface area contributed by atoms with Crippen molar-refractivity contribution in [1.29, 1.82) is 0 Å². The molecule has 0 radical (unpaired) electrons. The van der Waals surface area contributed by atoms with Gasteiger partial charge in [0.05, 0.1) is 18.1 Å². The predicted octanol–water partition coefficient (Wildman–Crippen LogP) is 0.806. The van der Waals surface area contributed by atoms with Gasteiger partial charge in [-0.2, -0.15) is 5.10 Å². The molecular weight excluding hydrogens is 232 g/mol. The lowest BCUT2D eigenvalue weighted by molar-refractivity contribution is -0.122. The molecular formula is C12H16N4O2. The van der Waals surface area contributed by atoms with Crippen LogP contribution in [0.25, 0.3) is 0 Å². The number of nitrogen functional groups attached to an aromatic ring is 1. The molecule has 96 valence electrons. The Labute approximate surface area is 105 Å². The van der Waals surface area contributed by atoms with E-state index in [0.29, 0.717) is 12.1 Å². The Morgan fingerprint density at radius 2 is 2.50 bits per heavy atom. The summed E-state index contributed by atoms with van der Waals surface area (Å²) in [4.78, 5) is 11.7. The summed E-state index contributed by atoms with van der Waals surface area (Å²) in [7, 11) is 0. The summed E-state index contributed by atoms with van der Waals surface area (Å²) in [6, 6.07) is 3.73. The maximum atomic E-state index is 11.7. The van der Waals surface area contributed by atoms with E-state index in [0.717, 1.165) is 5.76 Å². The van der Waals surface area contributed by atoms with E-state index in [9.17, 15) is 4.79 Å². The smallest absolute Gasteiger partial charge is 0.241 e. The van der Waals surface area contributed by atoms with Crippen molar-refractivity contribution in [2.45, 2.75) is 25.9 Å². The largest absolute Gasteiger partial charge is 0.469 e. The summed E-state index contributed by atoms with van der Waals surface area (Å²) in [5.41, 5.74) is 6.07. The minimum Gasteiger partial charge on any atom is -0.469 e. The van der Waals surface area contributed by atoms with Gasteiger partial charge in [0.25, 0.3) is 0 Å². The Kier molecular flexibility index (Phi) is 3.66. The van der Waals surface area contributed by atoms with Gasteiger partial charge in [-0.15, -0.1) is 0 Å². The molecule has 0 fully saturated rings. The highest BCUT2D eigenvalue weighted by molar-refractivity contribution is 5.76. The Bertz CT molecular complexity index is 504. The van der Waals surface area contributed by atoms with Crippen LogP contribution in [0.5, 0.6) is 0 Å². The molecule has 18 heavy (non-hydrogen) atoms. The Morgan fingerprint density at radius 1 is 1.67 bits per heavy atom. The average Bonchev–Trinajstić information content (AvgIpc) is 2.90. The van der Waals surface area contributed by atoms with Crippen molar-refractivity contribution in [2.24, 2.45) is 0 Å². The van der Waals surface area contributed by atoms with E-state index in [2.05, 4.69) is 10.4 Å². The molecule has 0 bridgehead atoms. The number of hydrogen-bond acceptors (Lipinski definition) is 4. The highest BCUT2D eigenvalue weighted by Gasteiger charge is 2.10. The summed E-state index contributed by atoms with van der Waals surface area (Å²) < 4.78 is 6.73. The van der Waals surface area contributed by atoms with Crippen LogP contribution < -0.4 is 11.1 Å². The minimum atomic E-state index is -0.0999. The van der Waals surface area contributed by atoms with E-state index in [1.54, 1.807) is 12.5 Å². The van der Waals surface area contributed by atoms with Crippen LogP contribution in [0.2, 0.25) is 0 Å². The third-order valence-corrected chi connectivity index (χ3v) is 2.45. The molecule has 0 spiro atoms. The number of anilines is 1. The zero-order chi connectivity index (χ0) is 13.0. The highest BCUT2D eigenvalue weighted by atomic mass is 16.3. The molecule has 0 aromatic carbocycles. The highest BCUT2D eigenvalue weighted by Crippen LogP contribution is 2.04. The number of aromatic nitrogens is 2. The van der Waals surface area contributed by atoms with Crippen LogP contribution in [0, 0.1) is 0 Å². The number of nitrogens with one attached hydrogen (secondary N) is 1. The summed E-state index contributed by atoms with van der Waals surface area (Å²) in [6.07, 6.45) is 5.42. The monoisotopic (exact) mass is 248 g/mol. The Hall–Kier alpha value is -2.24. The molecule has 0 aliphatic heterocycles. The van der Waals surface area contributed by atoms with Gasteiger partial charge in [-0.05, 0) is 19.1 Å². The zero-order valence-electron chi connectivity index (χ0n) is 10.2. The molecule has 1 atom stereocenters. The quantitative estimate of drug-likeness (QED) is 0.819. The van der Waals surface area contributed by atoms with Crippen molar-refractivity contribution in [3.05, 3.63) is 36.5 Å². The maximum absolute atomic E-state index is 11.7. The first kappa shape index (κ1) is 12.2. The molecule has 1 unspecified atom stereocenters. The molecule has 0 aliphatic rings. The van der Waals surface area contributed by atoms with Crippen molar-refractivity contribution in [3.8, 4) is 0 Å². The second-order valence-corrected chi connectivity index (χ2v) is 4.22. The standard InChI is InChI=1S/C12H16N4O2/c1-9(5-11-3-2-4-18-11)15-12(17)8-16-7-10(13)6-14-16/h2-4,6-7,9H,5,8,13H2,1H3,(H,15,17). The van der Waals surface area contributed by atoms with Crippen LogP contribution in [0.1, 0.15) is 12.7 Å². The van der Waals surface area contributed by atoms with E-state index in [1.807, 2.05) is 19.1 Å². The normalized spacial score (nSPS) is 12.3. The summed E-state index contributed by atoms with van der Waals surface area (Å²) in [5, 5.41) is 6.83. The van der Waals surface area contributed by atoms with Crippen molar-refractivity contribution >= 4 is 11.6 Å². The van der Waals surface area contributed by atoms with Crippen molar-refractivity contribution < 1.29 is 9.21 Å². The zero-order valence-corrected chi connectivity index (χ0v) is 10.2. The van der Waals surface area contributed by atoms with Gasteiger partial charge in [0.2, 0.25) is 5.91 Å². The van der Waals surface area contributed by atoms with Crippen molar-refractivity contribution in [3.63, 3.8) is 0 Å². The molecule has 2 aromatic rings. The van der Waals surface area contributed by atoms with E-state index >= 15 is 0 Å². The van der Waals surface area contributed by atoms with E-state index < -0.39 is 0 Å². The average molecular weight is 248 g/mol. The van der Waals surface area contributed by atoms with Gasteiger partial charge in [-0.3, -0.25) is 9.48 Å². The van der Waals surface area contributed by atoms with Crippen LogP contribution in [-0.2, 0) is 17.8 Å². The molecule has 0 saturated heterocycles. The third kappa shape index (κ3) is 3.38. The number of carbonyl (C=O) groups is 1. The second-order valence-electron chi connectivity index (χ2n) is 4.22. The molecule has 2 aromatic heterocycles. The van der Waals surface area contributed by atoms with Gasteiger partial charge in [-0.1, -0.05) is 0 Å². The van der Waals surface area contributed by atoms with E-state index in [1.165, 1.54) is 10.9 Å². The number of hydrogen-bond donors (Lipinski definition) is 2. The minimum absolute atomic E-state index is 0.0107. The molecule has 1 amide bonds. The fourth-order valence-corrected chi connectivity index (χ4v) is 1.72. The first-order chi connectivity index (χ1) is 8.63. The van der Waals surface area contributed by atoms with Gasteiger partial charge in [0.1, 0.15) is 12.3 Å². The van der Waals surface area contributed by atoms with Gasteiger partial charge in [-0.25, -0.2) is 0 Å². The summed E-state index contributed by atoms with van der Waals surface area (Å²) in [5.74, 6) is 0.753. The van der Waals surface area contributed by atoms with Crippen LogP contribution >= 0.6 is 0 Å². The molecule has 3 N–H and O–H groups in total. The topological polar surface area (TPSA) is 86.1 Å². The predicted molar refractivity (Wildman–Crippen MR) is 66.7 cm³/mol. The molecule has 2 rings (SSSR count). The Balaban J connectivity index is 1.80. The van der Waals surface area contributed by atoms with Crippen LogP contribution in [0.15, 0.2) is 35.2 Å². The number of furan rings is 1. The van der Waals surface area contributed by atoms with Crippen molar-refractivity contribution in [1.82, 2.24) is 15.1 Å². The molecule has 6 heteroatoms. The number of carbonyl (C=O) groups excluding carboxylic acids is 1. The lowest BCUT2D eigenvalue weighted by Gasteiger charge is -2.12. The third-order valence-electron chi connectivity index (χ3n) is 2.45. The maximum Gasteiger partial charge on any atom is 0.241 e. The second kappa shape index (κ2) is 5.39. The summed E-state index contributed by atoms with van der Waals surface area (Å²) >= 11 is 0. The SMILES string of the molecule is CC(Cc1ccco1)NC(=O)Cn1cc(N)cn1. The first-order valence-electron chi connectivity index (χ1n) is 5.73. The number of nitrogens with two attached hydrogens (primary N) is 1. The van der Waals surface area contributed by atoms with Crippen LogP contribution in [0.3, 0.4) is 0 Å². The van der Waals surface area contributed by atoms with E-state index in [-0.39, 0.29) is 18.5 Å². The number of amides is 1. The summed E-state index contributed by atoms with van der Waals surface area (Å²) in [6.45, 7) is 2.09.